The molecule has 1 aromatic rings. The van der Waals surface area contributed by atoms with E-state index in [-0.39, 0.29) is 5.78 Å². The lowest BCUT2D eigenvalue weighted by Gasteiger charge is -2.21. The van der Waals surface area contributed by atoms with E-state index >= 15 is 0 Å². The van der Waals surface area contributed by atoms with Crippen LogP contribution in [0.5, 0.6) is 0 Å². The van der Waals surface area contributed by atoms with Gasteiger partial charge < -0.3 is 5.73 Å². The Balaban J connectivity index is 3.06. The second-order valence-corrected chi connectivity index (χ2v) is 3.12. The fraction of sp³-hybridized carbons (Fsp3) is 0.300. The highest BCUT2D eigenvalue weighted by Gasteiger charge is 2.25. The van der Waals surface area contributed by atoms with Crippen LogP contribution in [0.3, 0.4) is 0 Å². The molecule has 0 spiro atoms. The zero-order valence-electron chi connectivity index (χ0n) is 7.37. The first-order valence-corrected chi connectivity index (χ1v) is 3.90. The third-order valence-corrected chi connectivity index (χ3v) is 2.10. The summed E-state index contributed by atoms with van der Waals surface area (Å²) in [6, 6.07) is 9.38. The van der Waals surface area contributed by atoms with Crippen LogP contribution >= 0.6 is 0 Å². The molecule has 2 N–H and O–H groups in total. The van der Waals surface area contributed by atoms with Crippen LogP contribution in [-0.4, -0.2) is 5.78 Å². The molecule has 1 rings (SSSR count). The second kappa shape index (κ2) is 3.07. The maximum atomic E-state index is 11.1. The van der Waals surface area contributed by atoms with Crippen LogP contribution in [0.25, 0.3) is 0 Å². The van der Waals surface area contributed by atoms with Crippen molar-refractivity contribution < 1.29 is 4.79 Å². The smallest absolute Gasteiger partial charge is 0.153 e. The largest absolute Gasteiger partial charge is 0.316 e. The summed E-state index contributed by atoms with van der Waals surface area (Å²) in [5.74, 6) is -0.0197. The highest BCUT2D eigenvalue weighted by atomic mass is 16.1. The molecule has 0 saturated heterocycles. The molecule has 0 amide bonds. The summed E-state index contributed by atoms with van der Waals surface area (Å²) in [4.78, 5) is 11.1. The van der Waals surface area contributed by atoms with Crippen LogP contribution in [0.4, 0.5) is 0 Å². The van der Waals surface area contributed by atoms with Crippen LogP contribution < -0.4 is 5.73 Å². The zero-order valence-corrected chi connectivity index (χ0v) is 7.37. The Kier molecular flexibility index (Phi) is 2.29. The minimum absolute atomic E-state index is 0.0197. The molecule has 2 nitrogen and oxygen atoms in total. The van der Waals surface area contributed by atoms with Gasteiger partial charge in [0.05, 0.1) is 5.54 Å². The molecule has 0 fully saturated rings. The van der Waals surface area contributed by atoms with Crippen molar-refractivity contribution in [2.24, 2.45) is 5.73 Å². The van der Waals surface area contributed by atoms with Crippen molar-refractivity contribution >= 4 is 5.78 Å². The van der Waals surface area contributed by atoms with Gasteiger partial charge in [0.1, 0.15) is 0 Å². The van der Waals surface area contributed by atoms with Crippen molar-refractivity contribution in [3.8, 4) is 0 Å². The fourth-order valence-corrected chi connectivity index (χ4v) is 0.988. The molecule has 0 heterocycles. The Morgan fingerprint density at radius 2 is 1.83 bits per heavy atom. The molecule has 0 radical (unpaired) electrons. The number of hydrogen-bond acceptors (Lipinski definition) is 2. The molecule has 1 aromatic carbocycles. The van der Waals surface area contributed by atoms with Gasteiger partial charge in [0.25, 0.3) is 0 Å². The molecule has 1 unspecified atom stereocenters. The number of nitrogens with two attached hydrogens (primary N) is 1. The minimum Gasteiger partial charge on any atom is -0.316 e. The lowest BCUT2D eigenvalue weighted by Crippen LogP contribution is -2.40. The van der Waals surface area contributed by atoms with Gasteiger partial charge in [0.2, 0.25) is 0 Å². The standard InChI is InChI=1S/C10H13NO/c1-8(12)10(2,11)9-6-4-3-5-7-9/h3-7H,11H2,1-2H3. The average molecular weight is 163 g/mol. The van der Waals surface area contributed by atoms with E-state index in [2.05, 4.69) is 0 Å². The van der Waals surface area contributed by atoms with Crippen LogP contribution in [0.15, 0.2) is 30.3 Å². The van der Waals surface area contributed by atoms with E-state index < -0.39 is 5.54 Å². The van der Waals surface area contributed by atoms with Gasteiger partial charge in [-0.1, -0.05) is 30.3 Å². The molecule has 0 aromatic heterocycles. The monoisotopic (exact) mass is 163 g/mol. The third kappa shape index (κ3) is 1.53. The van der Waals surface area contributed by atoms with Crippen molar-refractivity contribution in [2.75, 3.05) is 0 Å². The summed E-state index contributed by atoms with van der Waals surface area (Å²) < 4.78 is 0. The van der Waals surface area contributed by atoms with Crippen molar-refractivity contribution in [3.63, 3.8) is 0 Å². The lowest BCUT2D eigenvalue weighted by molar-refractivity contribution is -0.121. The van der Waals surface area contributed by atoms with E-state index in [0.717, 1.165) is 5.56 Å². The first kappa shape index (κ1) is 8.94. The maximum absolute atomic E-state index is 11.1. The minimum atomic E-state index is -0.846. The Labute approximate surface area is 72.4 Å². The molecular formula is C10H13NO. The van der Waals surface area contributed by atoms with Gasteiger partial charge in [-0.2, -0.15) is 0 Å². The Morgan fingerprint density at radius 3 is 2.25 bits per heavy atom. The van der Waals surface area contributed by atoms with Crippen molar-refractivity contribution in [2.45, 2.75) is 19.4 Å². The average Bonchev–Trinajstić information content (AvgIpc) is 2.06. The predicted molar refractivity (Wildman–Crippen MR) is 48.7 cm³/mol. The topological polar surface area (TPSA) is 43.1 Å². The summed E-state index contributed by atoms with van der Waals surface area (Å²) in [6.07, 6.45) is 0. The zero-order chi connectivity index (χ0) is 9.19. The molecule has 0 aliphatic heterocycles. The van der Waals surface area contributed by atoms with E-state index in [1.807, 2.05) is 30.3 Å². The van der Waals surface area contributed by atoms with Crippen LogP contribution in [0, 0.1) is 0 Å². The van der Waals surface area contributed by atoms with Gasteiger partial charge in [-0.15, -0.1) is 0 Å². The van der Waals surface area contributed by atoms with Gasteiger partial charge in [-0.05, 0) is 19.4 Å². The summed E-state index contributed by atoms with van der Waals surface area (Å²) >= 11 is 0. The molecule has 0 aliphatic carbocycles. The number of Topliss-reactive ketones (excluding diaryl/α,β-unsaturated/α-hetero) is 1. The first-order valence-electron chi connectivity index (χ1n) is 3.90. The van der Waals surface area contributed by atoms with E-state index in [4.69, 9.17) is 5.73 Å². The van der Waals surface area contributed by atoms with E-state index in [9.17, 15) is 4.79 Å². The van der Waals surface area contributed by atoms with Crippen molar-refractivity contribution in [1.29, 1.82) is 0 Å². The van der Waals surface area contributed by atoms with Gasteiger partial charge in [-0.3, -0.25) is 4.79 Å². The SMILES string of the molecule is CC(=O)C(C)(N)c1ccccc1. The Bertz CT molecular complexity index is 277. The number of ketones is 1. The van der Waals surface area contributed by atoms with Gasteiger partial charge in [0, 0.05) is 0 Å². The quantitative estimate of drug-likeness (QED) is 0.717. The molecule has 64 valence electrons. The third-order valence-electron chi connectivity index (χ3n) is 2.10. The molecule has 1 atom stereocenters. The summed E-state index contributed by atoms with van der Waals surface area (Å²) in [5.41, 5.74) is 5.84. The number of carbonyl (C=O) groups excluding carboxylic acids is 1. The molecule has 0 bridgehead atoms. The Hall–Kier alpha value is -1.15. The van der Waals surface area contributed by atoms with Crippen LogP contribution in [0.1, 0.15) is 19.4 Å². The van der Waals surface area contributed by atoms with Crippen LogP contribution in [-0.2, 0) is 10.3 Å². The highest BCUT2D eigenvalue weighted by Crippen LogP contribution is 2.17. The van der Waals surface area contributed by atoms with Gasteiger partial charge in [0.15, 0.2) is 5.78 Å². The number of benzene rings is 1. The molecule has 0 saturated carbocycles. The molecule has 2 heteroatoms. The van der Waals surface area contributed by atoms with Crippen LogP contribution in [0.2, 0.25) is 0 Å². The van der Waals surface area contributed by atoms with Gasteiger partial charge in [-0.25, -0.2) is 0 Å². The van der Waals surface area contributed by atoms with E-state index in [1.54, 1.807) is 6.92 Å². The highest BCUT2D eigenvalue weighted by molar-refractivity contribution is 5.86. The number of hydrogen-bond donors (Lipinski definition) is 1. The normalized spacial score (nSPS) is 15.2. The molecule has 12 heavy (non-hydrogen) atoms. The summed E-state index contributed by atoms with van der Waals surface area (Å²) in [7, 11) is 0. The van der Waals surface area contributed by atoms with Crippen molar-refractivity contribution in [1.82, 2.24) is 0 Å². The maximum Gasteiger partial charge on any atom is 0.153 e. The first-order chi connectivity index (χ1) is 5.55. The number of rotatable bonds is 2. The molecule has 0 aliphatic rings. The second-order valence-electron chi connectivity index (χ2n) is 3.12. The predicted octanol–water partition coefficient (Wildman–Crippen LogP) is 1.45. The lowest BCUT2D eigenvalue weighted by atomic mass is 9.90. The number of carbonyl (C=O) groups is 1. The summed E-state index contributed by atoms with van der Waals surface area (Å²) in [5, 5.41) is 0. The molecular weight excluding hydrogens is 150 g/mol. The Morgan fingerprint density at radius 1 is 1.33 bits per heavy atom. The van der Waals surface area contributed by atoms with Gasteiger partial charge >= 0.3 is 0 Å². The van der Waals surface area contributed by atoms with Crippen molar-refractivity contribution in [3.05, 3.63) is 35.9 Å². The fourth-order valence-electron chi connectivity index (χ4n) is 0.988. The van der Waals surface area contributed by atoms with E-state index in [0.29, 0.717) is 0 Å². The van der Waals surface area contributed by atoms with E-state index in [1.165, 1.54) is 6.92 Å². The summed E-state index contributed by atoms with van der Waals surface area (Å²) in [6.45, 7) is 3.23.